The summed E-state index contributed by atoms with van der Waals surface area (Å²) in [5.41, 5.74) is 0.597. The lowest BCUT2D eigenvalue weighted by molar-refractivity contribution is 0.137. The zero-order valence-corrected chi connectivity index (χ0v) is 8.17. The Kier molecular flexibility index (Phi) is 8.95. The fourth-order valence-corrected chi connectivity index (χ4v) is 0.371. The van der Waals surface area contributed by atoms with Gasteiger partial charge >= 0.3 is 6.09 Å². The lowest BCUT2D eigenvalue weighted by Crippen LogP contribution is -2.34. The molecule has 0 radical (unpaired) electrons. The van der Waals surface area contributed by atoms with E-state index >= 15 is 0 Å². The van der Waals surface area contributed by atoms with Crippen LogP contribution < -0.4 is 11.3 Å². The highest BCUT2D eigenvalue weighted by molar-refractivity contribution is 6.48. The number of hydrazine groups is 1. The highest BCUT2D eigenvalue weighted by Gasteiger charge is 2.17. The quantitative estimate of drug-likeness (QED) is 0.333. The fraction of sp³-hybridized carbons (Fsp3) is 0.667. The highest BCUT2D eigenvalue weighted by atomic mass is 35.5. The minimum atomic E-state index is -1.09. The molecule has 0 bridgehead atoms. The first-order valence-corrected chi connectivity index (χ1v) is 3.48. The van der Waals surface area contributed by atoms with E-state index in [1.54, 1.807) is 5.43 Å². The second kappa shape index (κ2) is 7.06. The molecule has 0 spiro atoms. The smallest absolute Gasteiger partial charge is 0.422 e. The SMILES string of the molecule is Cl.NNC(=O)OC(Cl)C(Cl)Cl. The van der Waals surface area contributed by atoms with Gasteiger partial charge in [-0.25, -0.2) is 10.6 Å². The van der Waals surface area contributed by atoms with Gasteiger partial charge in [-0.15, -0.1) is 12.4 Å². The van der Waals surface area contributed by atoms with E-state index in [0.717, 1.165) is 0 Å². The van der Waals surface area contributed by atoms with E-state index in [-0.39, 0.29) is 12.4 Å². The molecule has 3 N–H and O–H groups in total. The van der Waals surface area contributed by atoms with Crippen molar-refractivity contribution in [1.29, 1.82) is 0 Å². The number of carbonyl (C=O) groups is 1. The number of amides is 1. The molecule has 0 aliphatic heterocycles. The molecule has 0 aliphatic rings. The minimum absolute atomic E-state index is 0. The first kappa shape index (κ1) is 13.9. The summed E-state index contributed by atoms with van der Waals surface area (Å²) in [4.78, 5) is 9.29. The maximum Gasteiger partial charge on any atom is 0.422 e. The summed E-state index contributed by atoms with van der Waals surface area (Å²) < 4.78 is 4.29. The van der Waals surface area contributed by atoms with Crippen LogP contribution in [0.2, 0.25) is 0 Å². The van der Waals surface area contributed by atoms with Crippen molar-refractivity contribution in [3.05, 3.63) is 0 Å². The van der Waals surface area contributed by atoms with E-state index in [1.165, 1.54) is 0 Å². The molecule has 1 amide bonds. The summed E-state index contributed by atoms with van der Waals surface area (Å²) in [6.07, 6.45) is -0.883. The van der Waals surface area contributed by atoms with Crippen molar-refractivity contribution in [2.45, 2.75) is 10.4 Å². The summed E-state index contributed by atoms with van der Waals surface area (Å²) in [7, 11) is 0. The van der Waals surface area contributed by atoms with E-state index in [9.17, 15) is 4.79 Å². The van der Waals surface area contributed by atoms with Crippen LogP contribution in [0.1, 0.15) is 0 Å². The zero-order valence-electron chi connectivity index (χ0n) is 5.09. The molecule has 0 saturated carbocycles. The van der Waals surface area contributed by atoms with Crippen LogP contribution in [0.5, 0.6) is 0 Å². The van der Waals surface area contributed by atoms with Gasteiger partial charge in [-0.2, -0.15) is 0 Å². The van der Waals surface area contributed by atoms with Gasteiger partial charge in [0, 0.05) is 0 Å². The Morgan fingerprint density at radius 2 is 1.91 bits per heavy atom. The summed E-state index contributed by atoms with van der Waals surface area (Å²) in [5, 5.41) is 0. The van der Waals surface area contributed by atoms with Crippen molar-refractivity contribution >= 4 is 53.3 Å². The Labute approximate surface area is 84.7 Å². The largest absolute Gasteiger partial charge is 0.426 e. The van der Waals surface area contributed by atoms with Crippen LogP contribution >= 0.6 is 47.2 Å². The van der Waals surface area contributed by atoms with E-state index in [0.29, 0.717) is 0 Å². The molecule has 0 aromatic carbocycles. The normalized spacial score (nSPS) is 11.7. The van der Waals surface area contributed by atoms with E-state index in [1.807, 2.05) is 0 Å². The zero-order chi connectivity index (χ0) is 8.15. The van der Waals surface area contributed by atoms with Gasteiger partial charge in [-0.1, -0.05) is 34.8 Å². The topological polar surface area (TPSA) is 64.3 Å². The number of hydrogen-bond donors (Lipinski definition) is 2. The number of hydrogen-bond acceptors (Lipinski definition) is 3. The van der Waals surface area contributed by atoms with E-state index in [2.05, 4.69) is 10.6 Å². The van der Waals surface area contributed by atoms with E-state index in [4.69, 9.17) is 34.8 Å². The Morgan fingerprint density at radius 3 is 2.18 bits per heavy atom. The summed E-state index contributed by atoms with van der Waals surface area (Å²) in [5.74, 6) is 4.65. The molecule has 1 unspecified atom stereocenters. The Balaban J connectivity index is 0. The van der Waals surface area contributed by atoms with Crippen molar-refractivity contribution in [3.63, 3.8) is 0 Å². The number of ether oxygens (including phenoxy) is 1. The molecular formula is C3H6Cl4N2O2. The van der Waals surface area contributed by atoms with Crippen molar-refractivity contribution < 1.29 is 9.53 Å². The molecule has 0 heterocycles. The summed E-state index contributed by atoms with van der Waals surface area (Å²) >= 11 is 15.7. The minimum Gasteiger partial charge on any atom is -0.426 e. The predicted molar refractivity (Wildman–Crippen MR) is 46.2 cm³/mol. The third-order valence-electron chi connectivity index (χ3n) is 0.536. The van der Waals surface area contributed by atoms with Gasteiger partial charge in [-0.3, -0.25) is 5.43 Å². The van der Waals surface area contributed by atoms with E-state index < -0.39 is 16.5 Å². The Morgan fingerprint density at radius 1 is 1.45 bits per heavy atom. The third-order valence-corrected chi connectivity index (χ3v) is 1.59. The maximum atomic E-state index is 10.3. The predicted octanol–water partition coefficient (Wildman–Crippen LogP) is 1.38. The third kappa shape index (κ3) is 6.77. The van der Waals surface area contributed by atoms with Crippen molar-refractivity contribution in [2.75, 3.05) is 0 Å². The Hall–Kier alpha value is 0.390. The first-order chi connectivity index (χ1) is 4.57. The van der Waals surface area contributed by atoms with Gasteiger partial charge in [0.1, 0.15) is 0 Å². The second-order valence-electron chi connectivity index (χ2n) is 1.24. The lowest BCUT2D eigenvalue weighted by atomic mass is 10.8. The molecule has 68 valence electrons. The van der Waals surface area contributed by atoms with Gasteiger partial charge in [0.05, 0.1) is 0 Å². The second-order valence-corrected chi connectivity index (χ2v) is 2.83. The highest BCUT2D eigenvalue weighted by Crippen LogP contribution is 2.14. The van der Waals surface area contributed by atoms with Gasteiger partial charge in [-0.05, 0) is 0 Å². The monoisotopic (exact) mass is 242 g/mol. The van der Waals surface area contributed by atoms with Crippen LogP contribution in [0.3, 0.4) is 0 Å². The molecule has 0 aromatic heterocycles. The average Bonchev–Trinajstić information content (AvgIpc) is 1.87. The van der Waals surface area contributed by atoms with Crippen LogP contribution in [-0.4, -0.2) is 16.5 Å². The maximum absolute atomic E-state index is 10.3. The van der Waals surface area contributed by atoms with Crippen LogP contribution in [-0.2, 0) is 4.74 Å². The Bertz CT molecular complexity index is 122. The number of halogens is 4. The fourth-order valence-electron chi connectivity index (χ4n) is 0.188. The summed E-state index contributed by atoms with van der Waals surface area (Å²) in [6.45, 7) is 0. The van der Waals surface area contributed by atoms with Gasteiger partial charge in [0.15, 0.2) is 4.84 Å². The number of rotatable bonds is 2. The molecule has 0 saturated heterocycles. The van der Waals surface area contributed by atoms with Gasteiger partial charge < -0.3 is 4.74 Å². The standard InChI is InChI=1S/C3H5Cl3N2O2.ClH/c4-1(5)2(6)10-3(9)8-7;/h1-2H,7H2,(H,8,9);1H. The molecule has 0 aliphatic carbocycles. The van der Waals surface area contributed by atoms with Crippen LogP contribution in [0.25, 0.3) is 0 Å². The molecule has 1 atom stereocenters. The molecule has 0 rings (SSSR count). The molecule has 8 heteroatoms. The summed E-state index contributed by atoms with van der Waals surface area (Å²) in [6, 6.07) is 0. The van der Waals surface area contributed by atoms with Crippen molar-refractivity contribution in [2.24, 2.45) is 5.84 Å². The number of alkyl halides is 3. The lowest BCUT2D eigenvalue weighted by Gasteiger charge is -2.09. The van der Waals surface area contributed by atoms with Crippen molar-refractivity contribution in [3.8, 4) is 0 Å². The molecule has 4 nitrogen and oxygen atoms in total. The van der Waals surface area contributed by atoms with Gasteiger partial charge in [0.25, 0.3) is 0 Å². The molecule has 0 fully saturated rings. The molecule has 11 heavy (non-hydrogen) atoms. The van der Waals surface area contributed by atoms with Crippen molar-refractivity contribution in [1.82, 2.24) is 5.43 Å². The van der Waals surface area contributed by atoms with Crippen LogP contribution in [0.15, 0.2) is 0 Å². The van der Waals surface area contributed by atoms with Crippen LogP contribution in [0, 0.1) is 0 Å². The molecule has 0 aromatic rings. The van der Waals surface area contributed by atoms with Crippen LogP contribution in [0.4, 0.5) is 4.79 Å². The number of carbonyl (C=O) groups excluding carboxylic acids is 1. The van der Waals surface area contributed by atoms with Gasteiger partial charge in [0.2, 0.25) is 5.56 Å². The first-order valence-electron chi connectivity index (χ1n) is 2.17. The average molecular weight is 244 g/mol. The number of nitrogens with two attached hydrogens (primary N) is 1. The molecular weight excluding hydrogens is 238 g/mol. The number of nitrogens with one attached hydrogen (secondary N) is 1.